The van der Waals surface area contributed by atoms with Crippen LogP contribution in [0.2, 0.25) is 0 Å². The fourth-order valence-corrected chi connectivity index (χ4v) is 3.32. The van der Waals surface area contributed by atoms with E-state index >= 15 is 0 Å². The third-order valence-electron chi connectivity index (χ3n) is 4.97. The second kappa shape index (κ2) is 7.83. The van der Waals surface area contributed by atoms with E-state index in [-0.39, 0.29) is 42.7 Å². The Morgan fingerprint density at radius 3 is 2.69 bits per heavy atom. The van der Waals surface area contributed by atoms with Gasteiger partial charge in [0, 0.05) is 38.5 Å². The highest BCUT2D eigenvalue weighted by Gasteiger charge is 2.35. The van der Waals surface area contributed by atoms with Gasteiger partial charge in [-0.3, -0.25) is 14.6 Å². The Labute approximate surface area is 153 Å². The first-order chi connectivity index (χ1) is 12.4. The molecule has 2 amide bonds. The van der Waals surface area contributed by atoms with Gasteiger partial charge in [0.05, 0.1) is 17.7 Å². The lowest BCUT2D eigenvalue weighted by Crippen LogP contribution is -2.41. The predicted octanol–water partition coefficient (Wildman–Crippen LogP) is 2.03. The van der Waals surface area contributed by atoms with Crippen molar-refractivity contribution in [3.05, 3.63) is 42.1 Å². The van der Waals surface area contributed by atoms with E-state index in [2.05, 4.69) is 10.3 Å². The molecule has 0 spiro atoms. The predicted molar refractivity (Wildman–Crippen MR) is 99.3 cm³/mol. The van der Waals surface area contributed by atoms with Crippen molar-refractivity contribution in [2.45, 2.75) is 37.8 Å². The summed E-state index contributed by atoms with van der Waals surface area (Å²) in [5, 5.41) is 13.8. The zero-order chi connectivity index (χ0) is 18.7. The number of nitrogens with zero attached hydrogens (tertiary/aromatic N) is 2. The average Bonchev–Trinajstić information content (AvgIpc) is 2.61. The molecule has 1 fully saturated rings. The van der Waals surface area contributed by atoms with Gasteiger partial charge in [-0.1, -0.05) is 18.2 Å². The van der Waals surface area contributed by atoms with Crippen molar-refractivity contribution in [1.82, 2.24) is 15.2 Å². The molecule has 1 aliphatic carbocycles. The molecule has 0 saturated heterocycles. The van der Waals surface area contributed by atoms with E-state index in [1.165, 1.54) is 4.90 Å². The van der Waals surface area contributed by atoms with Crippen LogP contribution in [0.15, 0.2) is 36.5 Å². The number of amides is 2. The minimum absolute atomic E-state index is 0.0665. The molecule has 6 heteroatoms. The van der Waals surface area contributed by atoms with Crippen LogP contribution in [0.1, 0.15) is 37.3 Å². The molecule has 0 bridgehead atoms. The number of hydrogen-bond donors (Lipinski definition) is 2. The first-order valence-corrected chi connectivity index (χ1v) is 8.96. The van der Waals surface area contributed by atoms with Crippen molar-refractivity contribution in [1.29, 1.82) is 0 Å². The molecule has 1 atom stereocenters. The first-order valence-electron chi connectivity index (χ1n) is 8.96. The molecule has 3 rings (SSSR count). The number of para-hydroxylation sites is 1. The van der Waals surface area contributed by atoms with Crippen molar-refractivity contribution < 1.29 is 14.7 Å². The number of hydrogen-bond acceptors (Lipinski definition) is 4. The van der Waals surface area contributed by atoms with Gasteiger partial charge < -0.3 is 15.3 Å². The van der Waals surface area contributed by atoms with Crippen molar-refractivity contribution in [2.75, 3.05) is 14.1 Å². The second-order valence-corrected chi connectivity index (χ2v) is 7.18. The molecule has 2 N–H and O–H groups in total. The summed E-state index contributed by atoms with van der Waals surface area (Å²) < 4.78 is 0. The molecule has 1 aliphatic rings. The Morgan fingerprint density at radius 2 is 2.00 bits per heavy atom. The van der Waals surface area contributed by atoms with E-state index in [1.807, 2.05) is 30.3 Å². The number of nitrogens with one attached hydrogen (secondary N) is 1. The minimum atomic E-state index is -0.303. The summed E-state index contributed by atoms with van der Waals surface area (Å²) in [6, 6.07) is 9.70. The Balaban J connectivity index is 1.74. The summed E-state index contributed by atoms with van der Waals surface area (Å²) >= 11 is 0. The van der Waals surface area contributed by atoms with Crippen LogP contribution in [0.4, 0.5) is 0 Å². The average molecular weight is 355 g/mol. The fourth-order valence-electron chi connectivity index (χ4n) is 3.32. The molecule has 1 saturated carbocycles. The van der Waals surface area contributed by atoms with Crippen LogP contribution in [0.5, 0.6) is 0 Å². The van der Waals surface area contributed by atoms with Crippen molar-refractivity contribution in [2.24, 2.45) is 5.92 Å². The number of rotatable bonds is 6. The summed E-state index contributed by atoms with van der Waals surface area (Å²) in [6.45, 7) is 0. The molecule has 1 aromatic heterocycles. The smallest absolute Gasteiger partial charge is 0.222 e. The lowest BCUT2D eigenvalue weighted by atomic mass is 9.75. The molecule has 0 unspecified atom stereocenters. The van der Waals surface area contributed by atoms with Crippen LogP contribution in [0.3, 0.4) is 0 Å². The highest BCUT2D eigenvalue weighted by atomic mass is 16.3. The summed E-state index contributed by atoms with van der Waals surface area (Å²) in [5.41, 5.74) is 1.85. The standard InChI is InChI=1S/C20H25N3O3/c1-23(2)19(26)8-7-18(25)22-20(14-10-16(24)11-14)15-9-13-5-3-4-6-17(13)21-12-15/h3-6,9,12,14,16,20,24H,7-8,10-11H2,1-2H3,(H,22,25)/t14?,16?,20-/m1/s1. The van der Waals surface area contributed by atoms with Crippen LogP contribution in [-0.4, -0.2) is 47.0 Å². The third kappa shape index (κ3) is 4.19. The van der Waals surface area contributed by atoms with Crippen LogP contribution in [0, 0.1) is 5.92 Å². The zero-order valence-electron chi connectivity index (χ0n) is 15.2. The Hall–Kier alpha value is -2.47. The zero-order valence-corrected chi connectivity index (χ0v) is 15.2. The fraction of sp³-hybridized carbons (Fsp3) is 0.450. The number of fused-ring (bicyclic) bond motifs is 1. The molecule has 1 aromatic carbocycles. The Bertz CT molecular complexity index is 800. The van der Waals surface area contributed by atoms with Gasteiger partial charge in [-0.05, 0) is 36.5 Å². The van der Waals surface area contributed by atoms with E-state index in [1.54, 1.807) is 20.3 Å². The van der Waals surface area contributed by atoms with Gasteiger partial charge >= 0.3 is 0 Å². The Kier molecular flexibility index (Phi) is 5.52. The highest BCUT2D eigenvalue weighted by molar-refractivity contribution is 5.84. The summed E-state index contributed by atoms with van der Waals surface area (Å²) in [6.07, 6.45) is 3.16. The topological polar surface area (TPSA) is 82.5 Å². The van der Waals surface area contributed by atoms with Gasteiger partial charge in [0.2, 0.25) is 11.8 Å². The largest absolute Gasteiger partial charge is 0.393 e. The lowest BCUT2D eigenvalue weighted by molar-refractivity contribution is -0.132. The summed E-state index contributed by atoms with van der Waals surface area (Å²) in [5.74, 6) is -0.0376. The minimum Gasteiger partial charge on any atom is -0.393 e. The maximum absolute atomic E-state index is 12.4. The van der Waals surface area contributed by atoms with Gasteiger partial charge in [-0.15, -0.1) is 0 Å². The summed E-state index contributed by atoms with van der Waals surface area (Å²) in [7, 11) is 3.36. The molecule has 6 nitrogen and oxygen atoms in total. The second-order valence-electron chi connectivity index (χ2n) is 7.18. The number of benzene rings is 1. The Morgan fingerprint density at radius 1 is 1.27 bits per heavy atom. The van der Waals surface area contributed by atoms with Crippen LogP contribution in [-0.2, 0) is 9.59 Å². The summed E-state index contributed by atoms with van der Waals surface area (Å²) in [4.78, 5) is 30.1. The molecule has 0 aliphatic heterocycles. The van der Waals surface area contributed by atoms with E-state index in [9.17, 15) is 14.7 Å². The van der Waals surface area contributed by atoms with Crippen molar-refractivity contribution in [3.63, 3.8) is 0 Å². The van der Waals surface area contributed by atoms with Gasteiger partial charge in [-0.25, -0.2) is 0 Å². The molecule has 2 aromatic rings. The number of pyridine rings is 1. The van der Waals surface area contributed by atoms with Crippen molar-refractivity contribution in [3.8, 4) is 0 Å². The van der Waals surface area contributed by atoms with Crippen molar-refractivity contribution >= 4 is 22.7 Å². The molecule has 138 valence electrons. The molecular formula is C20H25N3O3. The maximum Gasteiger partial charge on any atom is 0.222 e. The number of aliphatic hydroxyl groups is 1. The molecule has 0 radical (unpaired) electrons. The molecule has 26 heavy (non-hydrogen) atoms. The van der Waals surface area contributed by atoms with E-state index in [0.717, 1.165) is 16.5 Å². The van der Waals surface area contributed by atoms with Crippen LogP contribution in [0.25, 0.3) is 10.9 Å². The highest BCUT2D eigenvalue weighted by Crippen LogP contribution is 2.38. The van der Waals surface area contributed by atoms with Gasteiger partial charge in [0.15, 0.2) is 0 Å². The van der Waals surface area contributed by atoms with E-state index in [0.29, 0.717) is 12.8 Å². The number of carbonyl (C=O) groups is 2. The first kappa shape index (κ1) is 18.3. The number of aliphatic hydroxyl groups excluding tert-OH is 1. The van der Waals surface area contributed by atoms with Crippen LogP contribution >= 0.6 is 0 Å². The normalized spacial score (nSPS) is 20.3. The molecular weight excluding hydrogens is 330 g/mol. The quantitative estimate of drug-likeness (QED) is 0.831. The number of carbonyl (C=O) groups excluding carboxylic acids is 2. The van der Waals surface area contributed by atoms with Gasteiger partial charge in [0.1, 0.15) is 0 Å². The maximum atomic E-state index is 12.4. The SMILES string of the molecule is CN(C)C(=O)CCC(=O)N[C@@H](c1cnc2ccccc2c1)C1CC(O)C1. The van der Waals surface area contributed by atoms with Gasteiger partial charge in [-0.2, -0.15) is 0 Å². The van der Waals surface area contributed by atoms with E-state index < -0.39 is 0 Å². The number of aromatic nitrogens is 1. The molecule has 1 heterocycles. The lowest BCUT2D eigenvalue weighted by Gasteiger charge is -2.38. The van der Waals surface area contributed by atoms with Crippen LogP contribution < -0.4 is 5.32 Å². The monoisotopic (exact) mass is 355 g/mol. The van der Waals surface area contributed by atoms with E-state index in [4.69, 9.17) is 0 Å². The van der Waals surface area contributed by atoms with Gasteiger partial charge in [0.25, 0.3) is 0 Å². The third-order valence-corrected chi connectivity index (χ3v) is 4.97.